The van der Waals surface area contributed by atoms with Gasteiger partial charge in [0, 0.05) is 18.8 Å². The van der Waals surface area contributed by atoms with E-state index < -0.39 is 15.9 Å². The molecule has 17 heavy (non-hydrogen) atoms. The van der Waals surface area contributed by atoms with Crippen LogP contribution in [0.4, 0.5) is 0 Å². The number of sulfone groups is 1. The van der Waals surface area contributed by atoms with Crippen molar-refractivity contribution in [3.8, 4) is 0 Å². The molecule has 0 aromatic rings. The summed E-state index contributed by atoms with van der Waals surface area (Å²) in [5.74, 6) is -0.374. The van der Waals surface area contributed by atoms with E-state index in [-0.39, 0.29) is 36.3 Å². The molecule has 1 atom stereocenters. The van der Waals surface area contributed by atoms with Crippen LogP contribution in [0.15, 0.2) is 0 Å². The van der Waals surface area contributed by atoms with Gasteiger partial charge < -0.3 is 5.32 Å². The lowest BCUT2D eigenvalue weighted by Crippen LogP contribution is -2.40. The number of hydrogen-bond acceptors (Lipinski definition) is 5. The minimum atomic E-state index is -3.03. The van der Waals surface area contributed by atoms with E-state index in [1.165, 1.54) is 4.90 Å². The normalized spacial score (nSPS) is 21.3. The third-order valence-electron chi connectivity index (χ3n) is 2.80. The highest BCUT2D eigenvalue weighted by molar-refractivity contribution is 7.91. The number of hydrogen-bond donors (Lipinski definition) is 1. The summed E-state index contributed by atoms with van der Waals surface area (Å²) in [6.07, 6.45) is 0.124. The zero-order valence-corrected chi connectivity index (χ0v) is 10.9. The number of amides is 2. The van der Waals surface area contributed by atoms with E-state index in [1.807, 2.05) is 0 Å². The third-order valence-corrected chi connectivity index (χ3v) is 4.51. The van der Waals surface area contributed by atoms with Gasteiger partial charge in [-0.25, -0.2) is 8.42 Å². The third kappa shape index (κ3) is 3.50. The Labute approximate surface area is 101 Å². The van der Waals surface area contributed by atoms with Crippen LogP contribution in [-0.2, 0) is 19.4 Å². The second-order valence-corrected chi connectivity index (χ2v) is 6.40. The average Bonchev–Trinajstić information content (AvgIpc) is 2.54. The van der Waals surface area contributed by atoms with Gasteiger partial charge in [0.15, 0.2) is 9.84 Å². The highest BCUT2D eigenvalue weighted by atomic mass is 32.2. The Morgan fingerprint density at radius 3 is 2.47 bits per heavy atom. The van der Waals surface area contributed by atoms with E-state index in [4.69, 9.17) is 0 Å². The van der Waals surface area contributed by atoms with Crippen LogP contribution in [-0.4, -0.2) is 55.8 Å². The first kappa shape index (κ1) is 14.1. The van der Waals surface area contributed by atoms with Crippen molar-refractivity contribution >= 4 is 21.7 Å². The van der Waals surface area contributed by atoms with Crippen molar-refractivity contribution in [3.63, 3.8) is 0 Å². The van der Waals surface area contributed by atoms with Crippen molar-refractivity contribution in [2.24, 2.45) is 0 Å². The van der Waals surface area contributed by atoms with Gasteiger partial charge in [-0.15, -0.1) is 0 Å². The molecule has 0 spiro atoms. The fourth-order valence-corrected chi connectivity index (χ4v) is 2.43. The van der Waals surface area contributed by atoms with Crippen LogP contribution in [0.5, 0.6) is 0 Å². The maximum atomic E-state index is 11.7. The molecule has 0 aliphatic carbocycles. The van der Waals surface area contributed by atoms with Crippen molar-refractivity contribution < 1.29 is 18.0 Å². The molecule has 0 aromatic carbocycles. The highest BCUT2D eigenvalue weighted by Crippen LogP contribution is 2.12. The molecule has 1 saturated heterocycles. The molecule has 1 rings (SSSR count). The first-order valence-electron chi connectivity index (χ1n) is 5.69. The summed E-state index contributed by atoms with van der Waals surface area (Å²) >= 11 is 0. The molecule has 6 nitrogen and oxygen atoms in total. The predicted octanol–water partition coefficient (Wildman–Crippen LogP) is -0.842. The van der Waals surface area contributed by atoms with Crippen LogP contribution < -0.4 is 5.32 Å². The Morgan fingerprint density at radius 2 is 2.00 bits per heavy atom. The summed E-state index contributed by atoms with van der Waals surface area (Å²) in [5.41, 5.74) is 0. The Morgan fingerprint density at radius 1 is 1.35 bits per heavy atom. The second-order valence-electron chi connectivity index (χ2n) is 3.92. The van der Waals surface area contributed by atoms with Gasteiger partial charge in [0.25, 0.3) is 0 Å². The topological polar surface area (TPSA) is 83.6 Å². The van der Waals surface area contributed by atoms with E-state index in [2.05, 4.69) is 5.32 Å². The summed E-state index contributed by atoms with van der Waals surface area (Å²) in [5, 5.41) is 2.83. The van der Waals surface area contributed by atoms with Crippen LogP contribution in [0.25, 0.3) is 0 Å². The summed E-state index contributed by atoms with van der Waals surface area (Å²) in [4.78, 5) is 24.2. The van der Waals surface area contributed by atoms with Gasteiger partial charge >= 0.3 is 0 Å². The molecule has 1 aliphatic rings. The van der Waals surface area contributed by atoms with E-state index >= 15 is 0 Å². The van der Waals surface area contributed by atoms with Gasteiger partial charge in [0.2, 0.25) is 11.8 Å². The molecule has 0 bridgehead atoms. The van der Waals surface area contributed by atoms with Crippen LogP contribution in [0.1, 0.15) is 20.3 Å². The van der Waals surface area contributed by atoms with Crippen LogP contribution in [0.3, 0.4) is 0 Å². The lowest BCUT2D eigenvalue weighted by atomic mass is 10.2. The number of carbonyl (C=O) groups is 2. The monoisotopic (exact) mass is 262 g/mol. The summed E-state index contributed by atoms with van der Waals surface area (Å²) in [6.45, 7) is 3.89. The fourth-order valence-electron chi connectivity index (χ4n) is 1.71. The summed E-state index contributed by atoms with van der Waals surface area (Å²) in [6, 6.07) is -0.561. The van der Waals surface area contributed by atoms with Gasteiger partial charge in [-0.3, -0.25) is 14.5 Å². The smallest absolute Gasteiger partial charge is 0.246 e. The molecule has 0 radical (unpaired) electrons. The zero-order chi connectivity index (χ0) is 13.1. The van der Waals surface area contributed by atoms with E-state index in [0.29, 0.717) is 6.54 Å². The fraction of sp³-hybridized carbons (Fsp3) is 0.800. The molecule has 7 heteroatoms. The lowest BCUT2D eigenvalue weighted by molar-refractivity contribution is -0.138. The van der Waals surface area contributed by atoms with Crippen molar-refractivity contribution in [3.05, 3.63) is 0 Å². The predicted molar refractivity (Wildman–Crippen MR) is 63.1 cm³/mol. The Bertz CT molecular complexity index is 405. The number of nitrogens with one attached hydrogen (secondary N) is 1. The molecule has 2 amide bonds. The quantitative estimate of drug-likeness (QED) is 0.631. The van der Waals surface area contributed by atoms with Gasteiger partial charge in [-0.1, -0.05) is 6.92 Å². The number of carbonyl (C=O) groups excluding carboxylic acids is 2. The second kappa shape index (κ2) is 5.59. The molecular formula is C10H18N2O4S. The summed E-state index contributed by atoms with van der Waals surface area (Å²) < 4.78 is 22.5. The van der Waals surface area contributed by atoms with Crippen molar-refractivity contribution in [2.75, 3.05) is 24.6 Å². The van der Waals surface area contributed by atoms with E-state index in [0.717, 1.165) is 0 Å². The number of likely N-dealkylation sites (tertiary alicyclic amines) is 1. The number of likely N-dealkylation sites (N-methyl/N-ethyl adjacent to an activating group) is 1. The van der Waals surface area contributed by atoms with E-state index in [1.54, 1.807) is 13.8 Å². The SMILES string of the molecule is CCN1C(=O)CC(NCCS(=O)(=O)CC)C1=O. The molecule has 1 N–H and O–H groups in total. The van der Waals surface area contributed by atoms with Crippen LogP contribution >= 0.6 is 0 Å². The lowest BCUT2D eigenvalue weighted by Gasteiger charge is -2.12. The molecular weight excluding hydrogens is 244 g/mol. The van der Waals surface area contributed by atoms with Crippen molar-refractivity contribution in [2.45, 2.75) is 26.3 Å². The minimum Gasteiger partial charge on any atom is -0.304 e. The number of nitrogens with zero attached hydrogens (tertiary/aromatic N) is 1. The zero-order valence-electron chi connectivity index (χ0n) is 10.1. The van der Waals surface area contributed by atoms with Crippen molar-refractivity contribution in [1.29, 1.82) is 0 Å². The first-order valence-corrected chi connectivity index (χ1v) is 7.51. The highest BCUT2D eigenvalue weighted by Gasteiger charge is 2.37. The number of rotatable bonds is 6. The average molecular weight is 262 g/mol. The molecule has 1 unspecified atom stereocenters. The molecule has 0 saturated carbocycles. The maximum Gasteiger partial charge on any atom is 0.246 e. The van der Waals surface area contributed by atoms with Gasteiger partial charge in [-0.05, 0) is 6.92 Å². The molecule has 98 valence electrons. The molecule has 1 aliphatic heterocycles. The molecule has 1 fully saturated rings. The van der Waals surface area contributed by atoms with Crippen LogP contribution in [0, 0.1) is 0 Å². The Balaban J connectivity index is 2.45. The van der Waals surface area contributed by atoms with Gasteiger partial charge in [0.05, 0.1) is 18.2 Å². The van der Waals surface area contributed by atoms with Crippen LogP contribution in [0.2, 0.25) is 0 Å². The first-order chi connectivity index (χ1) is 7.91. The Kier molecular flexibility index (Phi) is 4.64. The molecule has 0 aromatic heterocycles. The van der Waals surface area contributed by atoms with Crippen molar-refractivity contribution in [1.82, 2.24) is 10.2 Å². The maximum absolute atomic E-state index is 11.7. The summed E-state index contributed by atoms with van der Waals surface area (Å²) in [7, 11) is -3.03. The van der Waals surface area contributed by atoms with Gasteiger partial charge in [-0.2, -0.15) is 0 Å². The Hall–Kier alpha value is -0.950. The number of imide groups is 1. The van der Waals surface area contributed by atoms with Gasteiger partial charge in [0.1, 0.15) is 0 Å². The minimum absolute atomic E-state index is 0.00635. The molecule has 1 heterocycles. The van der Waals surface area contributed by atoms with E-state index in [9.17, 15) is 18.0 Å². The standard InChI is InChI=1S/C10H18N2O4S/c1-3-12-9(13)7-8(10(12)14)11-5-6-17(15,16)4-2/h8,11H,3-7H2,1-2H3. The largest absolute Gasteiger partial charge is 0.304 e.